The maximum Gasteiger partial charge on any atom is 0.249 e. The van der Waals surface area contributed by atoms with Crippen molar-refractivity contribution < 1.29 is 0 Å². The minimum atomic E-state index is 0.392. The third-order valence-electron chi connectivity index (χ3n) is 3.44. The number of rotatable bonds is 4. The van der Waals surface area contributed by atoms with Crippen molar-refractivity contribution in [3.63, 3.8) is 0 Å². The van der Waals surface area contributed by atoms with Crippen molar-refractivity contribution in [1.29, 1.82) is 0 Å². The molecule has 122 valence electrons. The molecule has 3 rings (SSSR count). The lowest BCUT2D eigenvalue weighted by atomic mass is 10.2. The fourth-order valence-corrected chi connectivity index (χ4v) is 2.53. The third-order valence-corrected chi connectivity index (χ3v) is 4.08. The van der Waals surface area contributed by atoms with E-state index in [9.17, 15) is 0 Å². The third kappa shape index (κ3) is 3.93. The summed E-state index contributed by atoms with van der Waals surface area (Å²) in [5.74, 6) is 0.961. The number of nitrogens with one attached hydrogen (secondary N) is 2. The molecule has 0 radical (unpaired) electrons. The summed E-state index contributed by atoms with van der Waals surface area (Å²) in [6.07, 6.45) is 1.55. The number of nitrogens with zero attached hydrogens (tertiary/aromatic N) is 3. The highest BCUT2D eigenvalue weighted by Gasteiger charge is 2.05. The van der Waals surface area contributed by atoms with E-state index in [2.05, 4.69) is 25.8 Å². The summed E-state index contributed by atoms with van der Waals surface area (Å²) in [6.45, 7) is 3.91. The van der Waals surface area contributed by atoms with E-state index >= 15 is 0 Å². The lowest BCUT2D eigenvalue weighted by molar-refractivity contribution is 0.982. The monoisotopic (exact) mass is 359 g/mol. The maximum absolute atomic E-state index is 6.14. The Morgan fingerprint density at radius 1 is 0.917 bits per heavy atom. The summed E-state index contributed by atoms with van der Waals surface area (Å²) >= 11 is 12.1. The predicted molar refractivity (Wildman–Crippen MR) is 98.8 cm³/mol. The van der Waals surface area contributed by atoms with Gasteiger partial charge >= 0.3 is 0 Å². The van der Waals surface area contributed by atoms with Crippen LogP contribution >= 0.6 is 23.2 Å². The number of aromatic nitrogens is 3. The molecule has 0 spiro atoms. The molecule has 0 saturated carbocycles. The molecule has 5 nitrogen and oxygen atoms in total. The zero-order valence-electron chi connectivity index (χ0n) is 13.1. The van der Waals surface area contributed by atoms with Gasteiger partial charge in [-0.3, -0.25) is 0 Å². The van der Waals surface area contributed by atoms with Gasteiger partial charge < -0.3 is 10.6 Å². The maximum atomic E-state index is 6.14. The normalized spacial score (nSPS) is 10.5. The summed E-state index contributed by atoms with van der Waals surface area (Å²) in [4.78, 5) is 4.41. The van der Waals surface area contributed by atoms with Gasteiger partial charge in [-0.25, -0.2) is 0 Å². The van der Waals surface area contributed by atoms with Crippen LogP contribution in [0.2, 0.25) is 10.0 Å². The van der Waals surface area contributed by atoms with Crippen molar-refractivity contribution in [2.75, 3.05) is 10.6 Å². The number of hydrogen-bond acceptors (Lipinski definition) is 5. The quantitative estimate of drug-likeness (QED) is 0.663. The summed E-state index contributed by atoms with van der Waals surface area (Å²) in [7, 11) is 0. The van der Waals surface area contributed by atoms with E-state index < -0.39 is 0 Å². The molecule has 0 aliphatic carbocycles. The fourth-order valence-electron chi connectivity index (χ4n) is 2.12. The zero-order valence-corrected chi connectivity index (χ0v) is 14.7. The van der Waals surface area contributed by atoms with Crippen LogP contribution in [-0.4, -0.2) is 15.2 Å². The Labute approximate surface area is 150 Å². The Balaban J connectivity index is 1.79. The Bertz CT molecular complexity index is 883. The van der Waals surface area contributed by atoms with Gasteiger partial charge in [0.05, 0.1) is 6.20 Å². The largest absolute Gasteiger partial charge is 0.339 e. The predicted octanol–water partition coefficient (Wildman–Crippen LogP) is 5.28. The summed E-state index contributed by atoms with van der Waals surface area (Å²) < 4.78 is 0. The smallest absolute Gasteiger partial charge is 0.249 e. The lowest BCUT2D eigenvalue weighted by Crippen LogP contribution is -2.03. The van der Waals surface area contributed by atoms with Crippen LogP contribution in [0, 0.1) is 13.8 Å². The fraction of sp³-hybridized carbons (Fsp3) is 0.118. The molecular formula is C17H15Cl2N5. The van der Waals surface area contributed by atoms with Crippen LogP contribution in [-0.2, 0) is 0 Å². The molecule has 0 unspecified atom stereocenters. The summed E-state index contributed by atoms with van der Waals surface area (Å²) in [5, 5.41) is 15.6. The Hall–Kier alpha value is -2.37. The Morgan fingerprint density at radius 2 is 1.75 bits per heavy atom. The molecule has 0 bridgehead atoms. The van der Waals surface area contributed by atoms with E-state index in [-0.39, 0.29) is 0 Å². The van der Waals surface area contributed by atoms with E-state index in [1.807, 2.05) is 44.2 Å². The van der Waals surface area contributed by atoms with E-state index in [1.54, 1.807) is 12.3 Å². The molecule has 1 aromatic heterocycles. The number of aryl methyl sites for hydroxylation is 2. The molecule has 7 heteroatoms. The highest BCUT2D eigenvalue weighted by Crippen LogP contribution is 2.24. The average molecular weight is 360 g/mol. The first-order valence-corrected chi connectivity index (χ1v) is 8.03. The van der Waals surface area contributed by atoms with Crippen LogP contribution in [0.3, 0.4) is 0 Å². The Kier molecular flexibility index (Phi) is 4.83. The number of hydrogen-bond donors (Lipinski definition) is 2. The van der Waals surface area contributed by atoms with E-state index in [4.69, 9.17) is 23.2 Å². The molecule has 1 heterocycles. The second kappa shape index (κ2) is 7.03. The molecule has 24 heavy (non-hydrogen) atoms. The SMILES string of the molecule is Cc1ccc(Nc2cnnc(Nc3ccc(Cl)cc3C)n2)cc1Cl. The minimum absolute atomic E-state index is 0.392. The van der Waals surface area contributed by atoms with Crippen molar-refractivity contribution >= 4 is 46.3 Å². The van der Waals surface area contributed by atoms with Crippen molar-refractivity contribution in [1.82, 2.24) is 15.2 Å². The molecule has 0 aliphatic heterocycles. The van der Waals surface area contributed by atoms with Crippen molar-refractivity contribution in [3.05, 3.63) is 63.8 Å². The van der Waals surface area contributed by atoms with Crippen LogP contribution in [0.4, 0.5) is 23.1 Å². The second-order valence-corrected chi connectivity index (χ2v) is 6.18. The summed E-state index contributed by atoms with van der Waals surface area (Å²) in [6, 6.07) is 11.3. The molecule has 0 fully saturated rings. The van der Waals surface area contributed by atoms with Gasteiger partial charge in [0.15, 0.2) is 5.82 Å². The molecule has 2 N–H and O–H groups in total. The molecular weight excluding hydrogens is 345 g/mol. The number of anilines is 4. The van der Waals surface area contributed by atoms with Crippen LogP contribution in [0.15, 0.2) is 42.6 Å². The van der Waals surface area contributed by atoms with Gasteiger partial charge in [-0.1, -0.05) is 29.3 Å². The van der Waals surface area contributed by atoms with Gasteiger partial charge in [-0.05, 0) is 55.3 Å². The van der Waals surface area contributed by atoms with Crippen LogP contribution in [0.25, 0.3) is 0 Å². The van der Waals surface area contributed by atoms with Crippen molar-refractivity contribution in [2.24, 2.45) is 0 Å². The van der Waals surface area contributed by atoms with Gasteiger partial charge in [-0.2, -0.15) is 10.1 Å². The van der Waals surface area contributed by atoms with Crippen molar-refractivity contribution in [3.8, 4) is 0 Å². The second-order valence-electron chi connectivity index (χ2n) is 5.34. The molecule has 0 aliphatic rings. The standard InChI is InChI=1S/C17H15Cl2N5/c1-10-3-5-13(8-14(10)19)21-16-9-20-24-17(23-16)22-15-6-4-12(18)7-11(15)2/h3-9H,1-2H3,(H2,21,22,23,24). The number of halogens is 2. The molecule has 3 aromatic rings. The first-order valence-electron chi connectivity index (χ1n) is 7.27. The molecule has 2 aromatic carbocycles. The van der Waals surface area contributed by atoms with E-state index in [1.165, 1.54) is 0 Å². The van der Waals surface area contributed by atoms with Crippen LogP contribution in [0.5, 0.6) is 0 Å². The molecule has 0 saturated heterocycles. The van der Waals surface area contributed by atoms with E-state index in [0.717, 1.165) is 22.5 Å². The summed E-state index contributed by atoms with van der Waals surface area (Å²) in [5.41, 5.74) is 3.72. The van der Waals surface area contributed by atoms with Crippen LogP contribution < -0.4 is 10.6 Å². The Morgan fingerprint density at radius 3 is 2.50 bits per heavy atom. The first-order chi connectivity index (χ1) is 11.5. The molecule has 0 atom stereocenters. The molecule has 0 amide bonds. The van der Waals surface area contributed by atoms with Gasteiger partial charge in [-0.15, -0.1) is 5.10 Å². The topological polar surface area (TPSA) is 62.7 Å². The van der Waals surface area contributed by atoms with Gasteiger partial charge in [0.2, 0.25) is 5.95 Å². The highest BCUT2D eigenvalue weighted by atomic mass is 35.5. The lowest BCUT2D eigenvalue weighted by Gasteiger charge is -2.10. The number of benzene rings is 2. The van der Waals surface area contributed by atoms with E-state index in [0.29, 0.717) is 21.8 Å². The minimum Gasteiger partial charge on any atom is -0.339 e. The van der Waals surface area contributed by atoms with Crippen LogP contribution in [0.1, 0.15) is 11.1 Å². The highest BCUT2D eigenvalue weighted by molar-refractivity contribution is 6.31. The van der Waals surface area contributed by atoms with Crippen molar-refractivity contribution in [2.45, 2.75) is 13.8 Å². The van der Waals surface area contributed by atoms with Gasteiger partial charge in [0.25, 0.3) is 0 Å². The van der Waals surface area contributed by atoms with Gasteiger partial charge in [0.1, 0.15) is 0 Å². The first kappa shape index (κ1) is 16.5. The average Bonchev–Trinajstić information content (AvgIpc) is 2.54. The van der Waals surface area contributed by atoms with Gasteiger partial charge in [0, 0.05) is 21.4 Å². The zero-order chi connectivity index (χ0) is 17.1.